The van der Waals surface area contributed by atoms with E-state index in [9.17, 15) is 9.59 Å². The molecule has 5 nitrogen and oxygen atoms in total. The Hall–Kier alpha value is -3.67. The van der Waals surface area contributed by atoms with Crippen molar-refractivity contribution in [2.45, 2.75) is 0 Å². The van der Waals surface area contributed by atoms with Crippen LogP contribution in [0.5, 0.6) is 5.75 Å². The average molecular weight is 463 g/mol. The number of benzene rings is 4. The summed E-state index contributed by atoms with van der Waals surface area (Å²) in [4.78, 5) is 24.9. The van der Waals surface area contributed by atoms with Crippen LogP contribution >= 0.6 is 23.2 Å². The number of amides is 1. The first kappa shape index (κ1) is 21.6. The lowest BCUT2D eigenvalue weighted by molar-refractivity contribution is 0.0734. The molecule has 1 amide bonds. The number of ether oxygens (including phenoxy) is 1. The Kier molecular flexibility index (Phi) is 6.50. The zero-order valence-electron chi connectivity index (χ0n) is 16.6. The quantitative estimate of drug-likeness (QED) is 0.168. The van der Waals surface area contributed by atoms with Crippen LogP contribution in [0.15, 0.2) is 90.0 Å². The highest BCUT2D eigenvalue weighted by molar-refractivity contribution is 6.36. The van der Waals surface area contributed by atoms with Crippen LogP contribution in [-0.2, 0) is 0 Å². The van der Waals surface area contributed by atoms with Gasteiger partial charge in [-0.1, -0.05) is 71.7 Å². The lowest BCUT2D eigenvalue weighted by Crippen LogP contribution is -2.17. The molecular weight excluding hydrogens is 447 g/mol. The Morgan fingerprint density at radius 1 is 0.844 bits per heavy atom. The molecular formula is C25H16Cl2N2O3. The second-order valence-electron chi connectivity index (χ2n) is 6.81. The first-order valence-electron chi connectivity index (χ1n) is 9.60. The number of hydrazone groups is 1. The fraction of sp³-hybridized carbons (Fsp3) is 0. The zero-order chi connectivity index (χ0) is 22.5. The molecule has 0 bridgehead atoms. The molecule has 32 heavy (non-hydrogen) atoms. The number of rotatable bonds is 5. The van der Waals surface area contributed by atoms with E-state index in [2.05, 4.69) is 10.5 Å². The van der Waals surface area contributed by atoms with Gasteiger partial charge in [-0.3, -0.25) is 4.79 Å². The standard InChI is InChI=1S/C25H16Cl2N2O3/c26-18-11-12-22(23(27)14-18)25(31)32-19-8-3-5-16(13-19)15-28-29-24(30)21-10-4-7-17-6-1-2-9-20(17)21/h1-15H,(H,29,30). The van der Waals surface area contributed by atoms with Gasteiger partial charge in [0.1, 0.15) is 5.75 Å². The van der Waals surface area contributed by atoms with E-state index in [0.717, 1.165) is 10.8 Å². The molecule has 0 heterocycles. The minimum absolute atomic E-state index is 0.205. The molecule has 0 spiro atoms. The summed E-state index contributed by atoms with van der Waals surface area (Å²) < 4.78 is 5.39. The van der Waals surface area contributed by atoms with E-state index < -0.39 is 5.97 Å². The fourth-order valence-corrected chi connectivity index (χ4v) is 3.61. The van der Waals surface area contributed by atoms with E-state index in [1.807, 2.05) is 36.4 Å². The number of hydrogen-bond acceptors (Lipinski definition) is 4. The first-order chi connectivity index (χ1) is 15.5. The van der Waals surface area contributed by atoms with Crippen LogP contribution in [0.2, 0.25) is 10.0 Å². The lowest BCUT2D eigenvalue weighted by atomic mass is 10.0. The summed E-state index contributed by atoms with van der Waals surface area (Å²) in [5.41, 5.74) is 3.90. The molecule has 4 rings (SSSR count). The summed E-state index contributed by atoms with van der Waals surface area (Å²) in [6.07, 6.45) is 1.47. The van der Waals surface area contributed by atoms with Crippen molar-refractivity contribution >= 4 is 52.1 Å². The van der Waals surface area contributed by atoms with Crippen molar-refractivity contribution in [3.8, 4) is 5.75 Å². The molecule has 4 aromatic rings. The smallest absolute Gasteiger partial charge is 0.345 e. The molecule has 0 aliphatic heterocycles. The van der Waals surface area contributed by atoms with Gasteiger partial charge in [0.05, 0.1) is 16.8 Å². The highest BCUT2D eigenvalue weighted by Gasteiger charge is 2.13. The van der Waals surface area contributed by atoms with Gasteiger partial charge in [-0.25, -0.2) is 10.2 Å². The van der Waals surface area contributed by atoms with Crippen molar-refractivity contribution in [1.82, 2.24) is 5.43 Å². The third-order valence-corrected chi connectivity index (χ3v) is 5.18. The van der Waals surface area contributed by atoms with E-state index in [4.69, 9.17) is 27.9 Å². The highest BCUT2D eigenvalue weighted by atomic mass is 35.5. The van der Waals surface area contributed by atoms with E-state index in [-0.39, 0.29) is 16.5 Å². The molecule has 0 fully saturated rings. The monoisotopic (exact) mass is 462 g/mol. The predicted molar refractivity (Wildman–Crippen MR) is 127 cm³/mol. The van der Waals surface area contributed by atoms with Crippen LogP contribution < -0.4 is 10.2 Å². The van der Waals surface area contributed by atoms with Crippen LogP contribution in [0, 0.1) is 0 Å². The molecule has 0 aliphatic rings. The van der Waals surface area contributed by atoms with E-state index in [1.54, 1.807) is 36.4 Å². The van der Waals surface area contributed by atoms with Crippen molar-refractivity contribution in [1.29, 1.82) is 0 Å². The molecule has 0 atom stereocenters. The minimum atomic E-state index is -0.606. The maximum Gasteiger partial charge on any atom is 0.345 e. The molecule has 7 heteroatoms. The molecule has 0 saturated carbocycles. The van der Waals surface area contributed by atoms with Crippen LogP contribution in [0.1, 0.15) is 26.3 Å². The maximum absolute atomic E-state index is 12.6. The lowest BCUT2D eigenvalue weighted by Gasteiger charge is -2.07. The van der Waals surface area contributed by atoms with Gasteiger partial charge in [0.15, 0.2) is 0 Å². The van der Waals surface area contributed by atoms with Crippen LogP contribution in [0.25, 0.3) is 10.8 Å². The molecule has 0 radical (unpaired) electrons. The molecule has 1 N–H and O–H groups in total. The molecule has 4 aromatic carbocycles. The summed E-state index contributed by atoms with van der Waals surface area (Å²) >= 11 is 11.9. The van der Waals surface area contributed by atoms with Crippen LogP contribution in [-0.4, -0.2) is 18.1 Å². The van der Waals surface area contributed by atoms with Crippen molar-refractivity contribution in [2.24, 2.45) is 5.10 Å². The SMILES string of the molecule is O=C(Oc1cccc(C=NNC(=O)c2cccc3ccccc23)c1)c1ccc(Cl)cc1Cl. The number of carbonyl (C=O) groups excluding carboxylic acids is 2. The molecule has 0 aromatic heterocycles. The molecule has 0 unspecified atom stereocenters. The molecule has 0 saturated heterocycles. The van der Waals surface area contributed by atoms with Gasteiger partial charge in [-0.15, -0.1) is 0 Å². The maximum atomic E-state index is 12.6. The number of carbonyl (C=O) groups is 2. The summed E-state index contributed by atoms with van der Waals surface area (Å²) in [6, 6.07) is 24.4. The van der Waals surface area contributed by atoms with Crippen molar-refractivity contribution in [3.05, 3.63) is 112 Å². The Balaban J connectivity index is 1.44. The Labute approximate surface area is 194 Å². The summed E-state index contributed by atoms with van der Waals surface area (Å²) in [5.74, 6) is -0.617. The van der Waals surface area contributed by atoms with Gasteiger partial charge < -0.3 is 4.74 Å². The van der Waals surface area contributed by atoms with Crippen molar-refractivity contribution < 1.29 is 14.3 Å². The number of halogens is 2. The molecule has 158 valence electrons. The third kappa shape index (κ3) is 4.97. The number of nitrogens with one attached hydrogen (secondary N) is 1. The van der Waals surface area contributed by atoms with Gasteiger partial charge in [0, 0.05) is 10.6 Å². The van der Waals surface area contributed by atoms with Gasteiger partial charge in [0.2, 0.25) is 0 Å². The topological polar surface area (TPSA) is 67.8 Å². The normalized spacial score (nSPS) is 10.9. The minimum Gasteiger partial charge on any atom is -0.423 e. The zero-order valence-corrected chi connectivity index (χ0v) is 18.1. The first-order valence-corrected chi connectivity index (χ1v) is 10.4. The van der Waals surface area contributed by atoms with Gasteiger partial charge in [-0.2, -0.15) is 5.10 Å². The second kappa shape index (κ2) is 9.64. The van der Waals surface area contributed by atoms with Crippen LogP contribution in [0.4, 0.5) is 0 Å². The number of esters is 1. The van der Waals surface area contributed by atoms with Gasteiger partial charge >= 0.3 is 5.97 Å². The van der Waals surface area contributed by atoms with E-state index in [0.29, 0.717) is 21.9 Å². The largest absolute Gasteiger partial charge is 0.423 e. The van der Waals surface area contributed by atoms with Gasteiger partial charge in [-0.05, 0) is 52.7 Å². The van der Waals surface area contributed by atoms with Crippen molar-refractivity contribution in [2.75, 3.05) is 0 Å². The van der Waals surface area contributed by atoms with E-state index in [1.165, 1.54) is 18.3 Å². The average Bonchev–Trinajstić information content (AvgIpc) is 2.78. The second-order valence-corrected chi connectivity index (χ2v) is 7.66. The van der Waals surface area contributed by atoms with Crippen LogP contribution in [0.3, 0.4) is 0 Å². The summed E-state index contributed by atoms with van der Waals surface area (Å²) in [7, 11) is 0. The Morgan fingerprint density at radius 2 is 1.62 bits per heavy atom. The molecule has 0 aliphatic carbocycles. The van der Waals surface area contributed by atoms with Crippen molar-refractivity contribution in [3.63, 3.8) is 0 Å². The Morgan fingerprint density at radius 3 is 2.47 bits per heavy atom. The number of hydrogen-bond donors (Lipinski definition) is 1. The Bertz CT molecular complexity index is 1350. The number of nitrogens with zero attached hydrogens (tertiary/aromatic N) is 1. The fourth-order valence-electron chi connectivity index (χ4n) is 3.12. The van der Waals surface area contributed by atoms with E-state index >= 15 is 0 Å². The summed E-state index contributed by atoms with van der Waals surface area (Å²) in [5, 5.41) is 6.47. The van der Waals surface area contributed by atoms with Gasteiger partial charge in [0.25, 0.3) is 5.91 Å². The highest BCUT2D eigenvalue weighted by Crippen LogP contribution is 2.23. The number of fused-ring (bicyclic) bond motifs is 1. The third-order valence-electron chi connectivity index (χ3n) is 4.63. The predicted octanol–water partition coefficient (Wildman–Crippen LogP) is 6.13. The summed E-state index contributed by atoms with van der Waals surface area (Å²) in [6.45, 7) is 0.